The summed E-state index contributed by atoms with van der Waals surface area (Å²) in [5.41, 5.74) is 3.10. The summed E-state index contributed by atoms with van der Waals surface area (Å²) < 4.78 is 15.3. The number of pyridine rings is 1. The van der Waals surface area contributed by atoms with E-state index in [-0.39, 0.29) is 11.9 Å². The Labute approximate surface area is 125 Å². The fourth-order valence-electron chi connectivity index (χ4n) is 2.39. The van der Waals surface area contributed by atoms with Crippen molar-refractivity contribution in [2.75, 3.05) is 6.54 Å². The summed E-state index contributed by atoms with van der Waals surface area (Å²) in [4.78, 5) is 3.96. The largest absolute Gasteiger partial charge is 0.310 e. The highest BCUT2D eigenvalue weighted by atomic mass is 19.1. The zero-order valence-corrected chi connectivity index (χ0v) is 12.9. The summed E-state index contributed by atoms with van der Waals surface area (Å²) in [6, 6.07) is 3.72. The zero-order valence-electron chi connectivity index (χ0n) is 12.9. The Kier molecular flexibility index (Phi) is 5.44. The SMILES string of the molecule is CCCNC(Cc1cc(CC)nn1C)c1cncc(F)c1. The molecular formula is C16H23FN4. The Morgan fingerprint density at radius 3 is 2.71 bits per heavy atom. The normalized spacial score (nSPS) is 12.6. The van der Waals surface area contributed by atoms with Crippen LogP contribution in [0.5, 0.6) is 0 Å². The van der Waals surface area contributed by atoms with Crippen LogP contribution in [0, 0.1) is 5.82 Å². The standard InChI is InChI=1S/C16H23FN4/c1-4-6-19-16(12-7-13(17)11-18-10-12)9-15-8-14(5-2)20-21(15)3/h7-8,10-11,16,19H,4-6,9H2,1-3H3. The van der Waals surface area contributed by atoms with Crippen LogP contribution >= 0.6 is 0 Å². The molecule has 21 heavy (non-hydrogen) atoms. The topological polar surface area (TPSA) is 42.7 Å². The van der Waals surface area contributed by atoms with E-state index in [1.807, 2.05) is 11.7 Å². The minimum Gasteiger partial charge on any atom is -0.310 e. The highest BCUT2D eigenvalue weighted by Crippen LogP contribution is 2.19. The van der Waals surface area contributed by atoms with Crippen LogP contribution in [-0.4, -0.2) is 21.3 Å². The molecule has 0 bridgehead atoms. The molecule has 2 aromatic rings. The zero-order chi connectivity index (χ0) is 15.2. The van der Waals surface area contributed by atoms with E-state index in [0.29, 0.717) is 0 Å². The minimum atomic E-state index is -0.296. The van der Waals surface area contributed by atoms with Crippen LogP contribution in [0.1, 0.15) is 43.3 Å². The van der Waals surface area contributed by atoms with Gasteiger partial charge in [-0.1, -0.05) is 13.8 Å². The Bertz CT molecular complexity index is 579. The molecule has 0 saturated heterocycles. The van der Waals surface area contributed by atoms with E-state index < -0.39 is 0 Å². The van der Waals surface area contributed by atoms with E-state index >= 15 is 0 Å². The lowest BCUT2D eigenvalue weighted by molar-refractivity contribution is 0.506. The fourth-order valence-corrected chi connectivity index (χ4v) is 2.39. The molecule has 0 aliphatic rings. The van der Waals surface area contributed by atoms with Gasteiger partial charge in [0.2, 0.25) is 0 Å². The summed E-state index contributed by atoms with van der Waals surface area (Å²) in [6.07, 6.45) is 5.69. The van der Waals surface area contributed by atoms with Crippen molar-refractivity contribution in [1.29, 1.82) is 0 Å². The Morgan fingerprint density at radius 2 is 2.10 bits per heavy atom. The summed E-state index contributed by atoms with van der Waals surface area (Å²) in [7, 11) is 1.95. The van der Waals surface area contributed by atoms with Gasteiger partial charge in [0.15, 0.2) is 0 Å². The number of halogens is 1. The average molecular weight is 290 g/mol. The first-order chi connectivity index (χ1) is 10.1. The number of aryl methyl sites for hydroxylation is 2. The molecule has 0 aliphatic heterocycles. The molecule has 2 aromatic heterocycles. The molecule has 0 fully saturated rings. The van der Waals surface area contributed by atoms with Crippen LogP contribution in [0.15, 0.2) is 24.5 Å². The summed E-state index contributed by atoms with van der Waals surface area (Å²) in [6.45, 7) is 5.10. The minimum absolute atomic E-state index is 0.0493. The highest BCUT2D eigenvalue weighted by molar-refractivity contribution is 5.19. The highest BCUT2D eigenvalue weighted by Gasteiger charge is 2.15. The summed E-state index contributed by atoms with van der Waals surface area (Å²) in [5, 5.41) is 7.94. The maximum Gasteiger partial charge on any atom is 0.141 e. The predicted molar refractivity (Wildman–Crippen MR) is 81.5 cm³/mol. The monoisotopic (exact) mass is 290 g/mol. The van der Waals surface area contributed by atoms with E-state index in [2.05, 4.69) is 35.3 Å². The molecule has 5 heteroatoms. The van der Waals surface area contributed by atoms with Gasteiger partial charge in [-0.25, -0.2) is 4.39 Å². The first-order valence-electron chi connectivity index (χ1n) is 7.49. The third-order valence-corrected chi connectivity index (χ3v) is 3.57. The fraction of sp³-hybridized carbons (Fsp3) is 0.500. The van der Waals surface area contributed by atoms with Gasteiger partial charge in [-0.2, -0.15) is 5.10 Å². The van der Waals surface area contributed by atoms with Gasteiger partial charge >= 0.3 is 0 Å². The van der Waals surface area contributed by atoms with Gasteiger partial charge in [-0.3, -0.25) is 9.67 Å². The number of aromatic nitrogens is 3. The van der Waals surface area contributed by atoms with E-state index in [1.54, 1.807) is 12.3 Å². The third kappa shape index (κ3) is 4.11. The maximum atomic E-state index is 13.4. The molecule has 0 radical (unpaired) electrons. The predicted octanol–water partition coefficient (Wildman–Crippen LogP) is 2.80. The molecule has 2 rings (SSSR count). The van der Waals surface area contributed by atoms with Crippen LogP contribution in [0.2, 0.25) is 0 Å². The van der Waals surface area contributed by atoms with Gasteiger partial charge in [-0.15, -0.1) is 0 Å². The molecule has 0 aliphatic carbocycles. The van der Waals surface area contributed by atoms with Crippen LogP contribution in [0.25, 0.3) is 0 Å². The van der Waals surface area contributed by atoms with Crippen molar-refractivity contribution in [3.63, 3.8) is 0 Å². The molecular weight excluding hydrogens is 267 g/mol. The van der Waals surface area contributed by atoms with Gasteiger partial charge in [0, 0.05) is 31.4 Å². The van der Waals surface area contributed by atoms with Gasteiger partial charge in [0.05, 0.1) is 11.9 Å². The number of hydrogen-bond acceptors (Lipinski definition) is 3. The molecule has 2 heterocycles. The van der Waals surface area contributed by atoms with Crippen LogP contribution in [-0.2, 0) is 19.9 Å². The average Bonchev–Trinajstić information content (AvgIpc) is 2.83. The van der Waals surface area contributed by atoms with Crippen LogP contribution < -0.4 is 5.32 Å². The van der Waals surface area contributed by atoms with Crippen molar-refractivity contribution >= 4 is 0 Å². The third-order valence-electron chi connectivity index (χ3n) is 3.57. The molecule has 0 aromatic carbocycles. The Hall–Kier alpha value is -1.75. The Balaban J connectivity index is 2.21. The van der Waals surface area contributed by atoms with E-state index in [4.69, 9.17) is 0 Å². The second-order valence-corrected chi connectivity index (χ2v) is 5.25. The van der Waals surface area contributed by atoms with E-state index in [9.17, 15) is 4.39 Å². The number of nitrogens with zero attached hydrogens (tertiary/aromatic N) is 3. The number of hydrogen-bond donors (Lipinski definition) is 1. The van der Waals surface area contributed by atoms with Gasteiger partial charge in [-0.05, 0) is 37.1 Å². The van der Waals surface area contributed by atoms with Crippen molar-refractivity contribution in [1.82, 2.24) is 20.1 Å². The molecule has 0 spiro atoms. The summed E-state index contributed by atoms with van der Waals surface area (Å²) in [5.74, 6) is -0.296. The van der Waals surface area contributed by atoms with Crippen LogP contribution in [0.4, 0.5) is 4.39 Å². The summed E-state index contributed by atoms with van der Waals surface area (Å²) >= 11 is 0. The van der Waals surface area contributed by atoms with Crippen LogP contribution in [0.3, 0.4) is 0 Å². The van der Waals surface area contributed by atoms with Crippen molar-refractivity contribution in [3.05, 3.63) is 47.3 Å². The first-order valence-corrected chi connectivity index (χ1v) is 7.49. The molecule has 1 unspecified atom stereocenters. The van der Waals surface area contributed by atoms with Crippen molar-refractivity contribution in [3.8, 4) is 0 Å². The molecule has 1 atom stereocenters. The molecule has 0 amide bonds. The molecule has 4 nitrogen and oxygen atoms in total. The lowest BCUT2D eigenvalue weighted by Gasteiger charge is -2.18. The van der Waals surface area contributed by atoms with Crippen molar-refractivity contribution in [2.24, 2.45) is 7.05 Å². The smallest absolute Gasteiger partial charge is 0.141 e. The second-order valence-electron chi connectivity index (χ2n) is 5.25. The molecule has 114 valence electrons. The number of rotatable bonds is 7. The van der Waals surface area contributed by atoms with Crippen molar-refractivity contribution < 1.29 is 4.39 Å². The quantitative estimate of drug-likeness (QED) is 0.852. The van der Waals surface area contributed by atoms with Crippen molar-refractivity contribution in [2.45, 2.75) is 39.2 Å². The second kappa shape index (κ2) is 7.31. The lowest BCUT2D eigenvalue weighted by Crippen LogP contribution is -2.25. The molecule has 1 N–H and O–H groups in total. The Morgan fingerprint density at radius 1 is 1.29 bits per heavy atom. The van der Waals surface area contributed by atoms with Gasteiger partial charge < -0.3 is 5.32 Å². The maximum absolute atomic E-state index is 13.4. The first kappa shape index (κ1) is 15.6. The number of nitrogens with one attached hydrogen (secondary N) is 1. The lowest BCUT2D eigenvalue weighted by atomic mass is 10.0. The van der Waals surface area contributed by atoms with E-state index in [0.717, 1.165) is 42.8 Å². The van der Waals surface area contributed by atoms with Gasteiger partial charge in [0.1, 0.15) is 5.82 Å². The van der Waals surface area contributed by atoms with E-state index in [1.165, 1.54) is 6.20 Å². The van der Waals surface area contributed by atoms with Gasteiger partial charge in [0.25, 0.3) is 0 Å². The molecule has 0 saturated carbocycles.